The standard InChI is InChI=1S/C22H29NO3.ClH/c1-5-21(24)26-22(18(2)17-23(3,4)25,20-14-10-7-11-15-20)16-19-12-8-6-9-13-19;/h6-15,18H,5,16-17H2,1-4H3;1H/t18-,22+;/m0./s1. The quantitative estimate of drug-likeness (QED) is 0.372. The molecule has 148 valence electrons. The maximum atomic E-state index is 12.4. The summed E-state index contributed by atoms with van der Waals surface area (Å²) in [5, 5.41) is 12.4. The third kappa shape index (κ3) is 6.35. The van der Waals surface area contributed by atoms with Crippen molar-refractivity contribution in [1.82, 2.24) is 0 Å². The molecule has 27 heavy (non-hydrogen) atoms. The summed E-state index contributed by atoms with van der Waals surface area (Å²) in [4.78, 5) is 12.4. The van der Waals surface area contributed by atoms with E-state index in [-0.39, 0.29) is 24.3 Å². The lowest BCUT2D eigenvalue weighted by molar-refractivity contribution is -0.844. The summed E-state index contributed by atoms with van der Waals surface area (Å²) in [6, 6.07) is 19.8. The molecule has 0 aliphatic carbocycles. The number of carbonyl (C=O) groups excluding carboxylic acids is 1. The van der Waals surface area contributed by atoms with Crippen LogP contribution in [0, 0.1) is 11.1 Å². The number of hydrogen-bond donors (Lipinski definition) is 0. The fourth-order valence-electron chi connectivity index (χ4n) is 3.46. The van der Waals surface area contributed by atoms with Gasteiger partial charge in [-0.1, -0.05) is 74.5 Å². The highest BCUT2D eigenvalue weighted by Gasteiger charge is 2.43. The molecule has 0 aromatic heterocycles. The maximum absolute atomic E-state index is 12.4. The Kier molecular flexibility index (Phi) is 8.48. The molecule has 0 amide bonds. The van der Waals surface area contributed by atoms with E-state index >= 15 is 0 Å². The number of quaternary nitrogens is 1. The molecule has 0 fully saturated rings. The third-order valence-electron chi connectivity index (χ3n) is 4.67. The average Bonchev–Trinajstić information content (AvgIpc) is 2.61. The van der Waals surface area contributed by atoms with Gasteiger partial charge in [-0.2, -0.15) is 0 Å². The van der Waals surface area contributed by atoms with Gasteiger partial charge in [-0.3, -0.25) is 4.79 Å². The molecule has 0 aliphatic heterocycles. The van der Waals surface area contributed by atoms with Crippen LogP contribution in [0.25, 0.3) is 0 Å². The fourth-order valence-corrected chi connectivity index (χ4v) is 3.46. The molecule has 0 saturated carbocycles. The van der Waals surface area contributed by atoms with Crippen molar-refractivity contribution in [2.24, 2.45) is 5.92 Å². The van der Waals surface area contributed by atoms with Crippen molar-refractivity contribution in [2.75, 3.05) is 20.6 Å². The Bertz CT molecular complexity index is 701. The van der Waals surface area contributed by atoms with E-state index in [0.717, 1.165) is 11.1 Å². The maximum Gasteiger partial charge on any atom is 0.306 e. The van der Waals surface area contributed by atoms with Crippen LogP contribution in [0.4, 0.5) is 0 Å². The summed E-state index contributed by atoms with van der Waals surface area (Å²) in [7, 11) is 3.24. The van der Waals surface area contributed by atoms with E-state index in [0.29, 0.717) is 19.4 Å². The SMILES string of the molecule is CCC(=O)O[C@@](Cc1ccccc1)(c1ccccc1)[C@@H](C)C[N+](C)(C)[O-].Cl. The Hall–Kier alpha value is -1.88. The molecule has 0 radical (unpaired) electrons. The number of ether oxygens (including phenoxy) is 1. The normalized spacial score (nSPS) is 14.6. The van der Waals surface area contributed by atoms with Gasteiger partial charge < -0.3 is 14.6 Å². The molecule has 0 saturated heterocycles. The number of esters is 1. The highest BCUT2D eigenvalue weighted by atomic mass is 35.5. The number of carbonyl (C=O) groups is 1. The number of rotatable bonds is 8. The highest BCUT2D eigenvalue weighted by Crippen LogP contribution is 2.39. The van der Waals surface area contributed by atoms with Gasteiger partial charge in [-0.05, 0) is 11.1 Å². The molecule has 0 spiro atoms. The minimum atomic E-state index is -0.879. The van der Waals surface area contributed by atoms with Crippen LogP contribution in [-0.2, 0) is 21.6 Å². The molecule has 5 heteroatoms. The first kappa shape index (κ1) is 23.2. The summed E-state index contributed by atoms with van der Waals surface area (Å²) in [5.74, 6) is -0.416. The summed E-state index contributed by atoms with van der Waals surface area (Å²) >= 11 is 0. The molecule has 0 N–H and O–H groups in total. The smallest absolute Gasteiger partial charge is 0.306 e. The van der Waals surface area contributed by atoms with Crippen molar-refractivity contribution < 1.29 is 14.2 Å². The van der Waals surface area contributed by atoms with Crippen molar-refractivity contribution in [1.29, 1.82) is 0 Å². The summed E-state index contributed by atoms with van der Waals surface area (Å²) < 4.78 is 5.66. The summed E-state index contributed by atoms with van der Waals surface area (Å²) in [6.07, 6.45) is 0.830. The summed E-state index contributed by atoms with van der Waals surface area (Å²) in [5.41, 5.74) is 1.12. The van der Waals surface area contributed by atoms with E-state index in [2.05, 4.69) is 0 Å². The lowest BCUT2D eigenvalue weighted by atomic mass is 9.77. The number of halogens is 1. The van der Waals surface area contributed by atoms with Crippen LogP contribution in [-0.4, -0.2) is 31.3 Å². The molecular weight excluding hydrogens is 362 g/mol. The van der Waals surface area contributed by atoms with Crippen LogP contribution in [0.5, 0.6) is 0 Å². The second-order valence-electron chi connectivity index (χ2n) is 7.40. The van der Waals surface area contributed by atoms with E-state index in [1.807, 2.05) is 67.6 Å². The van der Waals surface area contributed by atoms with Gasteiger partial charge in [0.15, 0.2) is 0 Å². The molecule has 2 rings (SSSR count). The molecule has 0 heterocycles. The lowest BCUT2D eigenvalue weighted by Gasteiger charge is -2.44. The van der Waals surface area contributed by atoms with Gasteiger partial charge in [0.25, 0.3) is 0 Å². The van der Waals surface area contributed by atoms with E-state index in [1.165, 1.54) is 0 Å². The fraction of sp³-hybridized carbons (Fsp3) is 0.409. The van der Waals surface area contributed by atoms with Crippen LogP contribution in [0.2, 0.25) is 0 Å². The van der Waals surface area contributed by atoms with Crippen molar-refractivity contribution in [3.63, 3.8) is 0 Å². The first-order chi connectivity index (χ1) is 12.3. The molecule has 0 bridgehead atoms. The zero-order valence-corrected chi connectivity index (χ0v) is 17.4. The van der Waals surface area contributed by atoms with Crippen molar-refractivity contribution in [2.45, 2.75) is 32.3 Å². The van der Waals surface area contributed by atoms with Gasteiger partial charge >= 0.3 is 5.97 Å². The third-order valence-corrected chi connectivity index (χ3v) is 4.67. The molecule has 2 aromatic carbocycles. The summed E-state index contributed by atoms with van der Waals surface area (Å²) in [6.45, 7) is 4.13. The Labute approximate surface area is 168 Å². The first-order valence-electron chi connectivity index (χ1n) is 9.12. The second-order valence-corrected chi connectivity index (χ2v) is 7.40. The van der Waals surface area contributed by atoms with Gasteiger partial charge in [0.05, 0.1) is 26.6 Å². The van der Waals surface area contributed by atoms with Crippen molar-refractivity contribution in [3.8, 4) is 0 Å². The molecule has 2 aromatic rings. The zero-order chi connectivity index (χ0) is 19.2. The molecule has 4 nitrogen and oxygen atoms in total. The molecule has 0 aliphatic rings. The van der Waals surface area contributed by atoms with E-state index in [1.54, 1.807) is 21.0 Å². The van der Waals surface area contributed by atoms with E-state index in [9.17, 15) is 10.0 Å². The first-order valence-corrected chi connectivity index (χ1v) is 9.12. The van der Waals surface area contributed by atoms with Gasteiger partial charge in [0, 0.05) is 12.8 Å². The predicted molar refractivity (Wildman–Crippen MR) is 111 cm³/mol. The largest absolute Gasteiger partial charge is 0.633 e. The topological polar surface area (TPSA) is 49.4 Å². The zero-order valence-electron chi connectivity index (χ0n) is 16.6. The Balaban J connectivity index is 0.00000364. The minimum absolute atomic E-state index is 0. The van der Waals surface area contributed by atoms with E-state index < -0.39 is 10.2 Å². The monoisotopic (exact) mass is 391 g/mol. The predicted octanol–water partition coefficient (Wildman–Crippen LogP) is 4.71. The lowest BCUT2D eigenvalue weighted by Crippen LogP contribution is -2.48. The average molecular weight is 392 g/mol. The van der Waals surface area contributed by atoms with Gasteiger partial charge in [-0.25, -0.2) is 0 Å². The number of benzene rings is 2. The van der Waals surface area contributed by atoms with Gasteiger partial charge in [0.2, 0.25) is 0 Å². The Morgan fingerprint density at radius 2 is 1.59 bits per heavy atom. The van der Waals surface area contributed by atoms with Crippen LogP contribution < -0.4 is 0 Å². The Morgan fingerprint density at radius 1 is 1.07 bits per heavy atom. The van der Waals surface area contributed by atoms with Crippen LogP contribution in [0.3, 0.4) is 0 Å². The Morgan fingerprint density at radius 3 is 2.07 bits per heavy atom. The molecular formula is C22H30ClNO3. The number of hydrogen-bond acceptors (Lipinski definition) is 3. The van der Waals surface area contributed by atoms with Gasteiger partial charge in [-0.15, -0.1) is 12.4 Å². The van der Waals surface area contributed by atoms with Crippen LogP contribution >= 0.6 is 12.4 Å². The number of nitrogens with zero attached hydrogens (tertiary/aromatic N) is 1. The van der Waals surface area contributed by atoms with E-state index in [4.69, 9.17) is 4.74 Å². The highest BCUT2D eigenvalue weighted by molar-refractivity contribution is 5.85. The van der Waals surface area contributed by atoms with Crippen LogP contribution in [0.15, 0.2) is 60.7 Å². The van der Waals surface area contributed by atoms with Crippen molar-refractivity contribution in [3.05, 3.63) is 77.0 Å². The number of hydroxylamine groups is 3. The van der Waals surface area contributed by atoms with Crippen molar-refractivity contribution >= 4 is 18.4 Å². The van der Waals surface area contributed by atoms with Gasteiger partial charge in [0.1, 0.15) is 5.60 Å². The second kappa shape index (κ2) is 9.88. The van der Waals surface area contributed by atoms with Crippen LogP contribution in [0.1, 0.15) is 31.4 Å². The molecule has 2 atom stereocenters. The molecule has 0 unspecified atom stereocenters. The minimum Gasteiger partial charge on any atom is -0.633 e.